The number of amides is 1. The van der Waals surface area contributed by atoms with Crippen molar-refractivity contribution in [2.45, 2.75) is 19.0 Å². The van der Waals surface area contributed by atoms with Crippen LogP contribution in [0.15, 0.2) is 64.4 Å². The van der Waals surface area contributed by atoms with E-state index in [1.54, 1.807) is 42.5 Å². The fourth-order valence-corrected chi connectivity index (χ4v) is 4.63. The largest absolute Gasteiger partial charge is 0.480 e. The third-order valence-electron chi connectivity index (χ3n) is 6.17. The minimum Gasteiger partial charge on any atom is -0.480 e. The summed E-state index contributed by atoms with van der Waals surface area (Å²) in [5.74, 6) is -0.558. The summed E-state index contributed by atoms with van der Waals surface area (Å²) >= 11 is 12.1. The van der Waals surface area contributed by atoms with Gasteiger partial charge < -0.3 is 30.5 Å². The van der Waals surface area contributed by atoms with Crippen molar-refractivity contribution in [1.29, 1.82) is 0 Å². The Hall–Kier alpha value is -4.61. The van der Waals surface area contributed by atoms with Crippen molar-refractivity contribution >= 4 is 52.1 Å². The highest BCUT2D eigenvalue weighted by Crippen LogP contribution is 2.33. The van der Waals surface area contributed by atoms with E-state index in [0.717, 1.165) is 5.56 Å². The summed E-state index contributed by atoms with van der Waals surface area (Å²) in [4.78, 5) is 52.8. The molecule has 1 aromatic heterocycles. The van der Waals surface area contributed by atoms with Gasteiger partial charge in [-0.1, -0.05) is 41.4 Å². The fourth-order valence-electron chi connectivity index (χ4n) is 4.10. The Labute approximate surface area is 236 Å². The maximum Gasteiger partial charge on any atom is 0.326 e. The van der Waals surface area contributed by atoms with Crippen molar-refractivity contribution in [2.75, 3.05) is 22.7 Å². The number of hydrogen-bond acceptors (Lipinski definition) is 9. The average molecular weight is 583 g/mol. The summed E-state index contributed by atoms with van der Waals surface area (Å²) in [6, 6.07) is 10.5. The molecule has 2 heterocycles. The number of pyridine rings is 1. The summed E-state index contributed by atoms with van der Waals surface area (Å²) in [7, 11) is 0. The van der Waals surface area contributed by atoms with Crippen molar-refractivity contribution < 1.29 is 24.2 Å². The van der Waals surface area contributed by atoms with Crippen molar-refractivity contribution in [3.63, 3.8) is 0 Å². The first-order valence-corrected chi connectivity index (χ1v) is 12.6. The van der Waals surface area contributed by atoms with E-state index < -0.39 is 28.8 Å². The molecule has 0 bridgehead atoms. The van der Waals surface area contributed by atoms with Crippen molar-refractivity contribution in [2.24, 2.45) is 0 Å². The zero-order valence-corrected chi connectivity index (χ0v) is 22.0. The van der Waals surface area contributed by atoms with E-state index in [4.69, 9.17) is 32.7 Å². The quantitative estimate of drug-likeness (QED) is 0.203. The van der Waals surface area contributed by atoms with E-state index in [2.05, 4.69) is 20.9 Å². The molecule has 1 aliphatic rings. The number of anilines is 3. The highest BCUT2D eigenvalue weighted by atomic mass is 35.5. The summed E-state index contributed by atoms with van der Waals surface area (Å²) in [5.41, 5.74) is 0.273. The molecule has 1 aliphatic heterocycles. The Balaban J connectivity index is 1.23. The maximum atomic E-state index is 12.6. The third kappa shape index (κ3) is 5.56. The van der Waals surface area contributed by atoms with Crippen LogP contribution < -0.4 is 36.3 Å². The van der Waals surface area contributed by atoms with Crippen LogP contribution in [0.4, 0.5) is 17.1 Å². The lowest BCUT2D eigenvalue weighted by Gasteiger charge is -2.20. The minimum absolute atomic E-state index is 0.00795. The maximum absolute atomic E-state index is 12.6. The summed E-state index contributed by atoms with van der Waals surface area (Å²) in [5, 5.41) is 18.2. The third-order valence-corrected chi connectivity index (χ3v) is 6.74. The minimum atomic E-state index is -1.21. The number of nitrogens with zero attached hydrogens (tertiary/aromatic N) is 1. The summed E-state index contributed by atoms with van der Waals surface area (Å²) in [6.45, 7) is 0.332. The molecule has 204 valence electrons. The predicted octanol–water partition coefficient (Wildman–Crippen LogP) is 3.69. The summed E-state index contributed by atoms with van der Waals surface area (Å²) in [6.07, 6.45) is 2.60. The van der Waals surface area contributed by atoms with Crippen LogP contribution in [0.5, 0.6) is 11.5 Å². The molecule has 4 aromatic rings. The van der Waals surface area contributed by atoms with Gasteiger partial charge >= 0.3 is 5.97 Å². The molecule has 0 unspecified atom stereocenters. The number of halogens is 2. The molecule has 0 saturated carbocycles. The molecule has 0 radical (unpaired) electrons. The van der Waals surface area contributed by atoms with Gasteiger partial charge in [0.25, 0.3) is 16.8 Å². The molecule has 13 heteroatoms. The van der Waals surface area contributed by atoms with E-state index in [1.165, 1.54) is 12.4 Å². The molecule has 0 aliphatic carbocycles. The van der Waals surface area contributed by atoms with E-state index in [-0.39, 0.29) is 46.7 Å². The van der Waals surface area contributed by atoms with E-state index in [9.17, 15) is 24.3 Å². The molecule has 0 saturated heterocycles. The van der Waals surface area contributed by atoms with Crippen LogP contribution in [0, 0.1) is 0 Å². The number of carbonyl (C=O) groups is 2. The van der Waals surface area contributed by atoms with Crippen LogP contribution in [-0.4, -0.2) is 34.8 Å². The fraction of sp³-hybridized carbons (Fsp3) is 0.148. The Morgan fingerprint density at radius 2 is 1.57 bits per heavy atom. The molecule has 1 atom stereocenters. The molecular formula is C27H20Cl2N4O7. The standard InChI is InChI=1S/C27H20Cl2N4O7/c28-16-10-30-11-17(29)21(16)26(36)32-15-4-1-13(2-5-15)7-18(27(37)38)33-23-22(24(34)25(23)35)31-9-14-3-6-19-20(8-14)40-12-39-19/h1-6,8,10-11,18,31,33H,7,9,12H2,(H,32,36)(H,37,38)/t18-/m0/s1. The Kier molecular flexibility index (Phi) is 7.58. The average Bonchev–Trinajstić information content (AvgIpc) is 3.40. The van der Waals surface area contributed by atoms with Crippen LogP contribution in [0.3, 0.4) is 0 Å². The van der Waals surface area contributed by atoms with Crippen LogP contribution in [0.1, 0.15) is 21.5 Å². The van der Waals surface area contributed by atoms with Gasteiger partial charge in [0.15, 0.2) is 11.5 Å². The molecule has 1 amide bonds. The SMILES string of the molecule is O=C(Nc1ccc(C[C@H](Nc2c(NCc3ccc4c(c3)OCO4)c(=O)c2=O)C(=O)O)cc1)c1c(Cl)cncc1Cl. The van der Waals surface area contributed by atoms with Gasteiger partial charge in [-0.15, -0.1) is 0 Å². The number of aromatic nitrogens is 1. The number of nitrogens with one attached hydrogen (secondary N) is 3. The number of hydrogen-bond donors (Lipinski definition) is 4. The van der Waals surface area contributed by atoms with E-state index >= 15 is 0 Å². The lowest BCUT2D eigenvalue weighted by Crippen LogP contribution is -2.42. The molecule has 3 aromatic carbocycles. The van der Waals surface area contributed by atoms with Gasteiger partial charge in [-0.2, -0.15) is 0 Å². The molecule has 11 nitrogen and oxygen atoms in total. The van der Waals surface area contributed by atoms with Gasteiger partial charge in [-0.25, -0.2) is 4.79 Å². The highest BCUT2D eigenvalue weighted by molar-refractivity contribution is 6.40. The van der Waals surface area contributed by atoms with Crippen molar-refractivity contribution in [1.82, 2.24) is 4.98 Å². The van der Waals surface area contributed by atoms with Crippen LogP contribution in [0.25, 0.3) is 0 Å². The van der Waals surface area contributed by atoms with Crippen LogP contribution >= 0.6 is 23.2 Å². The van der Waals surface area contributed by atoms with Gasteiger partial charge in [-0.3, -0.25) is 19.4 Å². The predicted molar refractivity (Wildman–Crippen MR) is 149 cm³/mol. The molecule has 4 N–H and O–H groups in total. The van der Waals surface area contributed by atoms with E-state index in [0.29, 0.717) is 22.7 Å². The number of carbonyl (C=O) groups excluding carboxylic acids is 1. The van der Waals surface area contributed by atoms with Crippen LogP contribution in [-0.2, 0) is 17.8 Å². The number of fused-ring (bicyclic) bond motifs is 1. The first kappa shape index (κ1) is 27.0. The first-order chi connectivity index (χ1) is 19.2. The van der Waals surface area contributed by atoms with Gasteiger partial charge in [0, 0.05) is 31.0 Å². The Bertz CT molecular complexity index is 1660. The number of carboxylic acids is 1. The van der Waals surface area contributed by atoms with Gasteiger partial charge in [-0.05, 0) is 35.4 Å². The molecular weight excluding hydrogens is 563 g/mol. The number of benzene rings is 2. The second-order valence-corrected chi connectivity index (χ2v) is 9.63. The van der Waals surface area contributed by atoms with Crippen molar-refractivity contribution in [3.8, 4) is 11.5 Å². The number of rotatable bonds is 10. The van der Waals surface area contributed by atoms with Gasteiger partial charge in [0.05, 0.1) is 15.6 Å². The Morgan fingerprint density at radius 3 is 2.27 bits per heavy atom. The summed E-state index contributed by atoms with van der Waals surface area (Å²) < 4.78 is 10.6. The number of ether oxygens (including phenoxy) is 2. The molecule has 0 spiro atoms. The normalized spacial score (nSPS) is 12.7. The topological polar surface area (TPSA) is 156 Å². The Morgan fingerprint density at radius 1 is 0.925 bits per heavy atom. The smallest absolute Gasteiger partial charge is 0.326 e. The zero-order chi connectivity index (χ0) is 28.4. The molecule has 40 heavy (non-hydrogen) atoms. The first-order valence-electron chi connectivity index (χ1n) is 11.9. The van der Waals surface area contributed by atoms with Crippen molar-refractivity contribution in [3.05, 3.63) is 102 Å². The van der Waals surface area contributed by atoms with E-state index in [1.807, 2.05) is 0 Å². The second-order valence-electron chi connectivity index (χ2n) is 8.82. The van der Waals surface area contributed by atoms with Gasteiger partial charge in [0.1, 0.15) is 17.4 Å². The zero-order valence-electron chi connectivity index (χ0n) is 20.5. The lowest BCUT2D eigenvalue weighted by atomic mass is 10.0. The molecule has 0 fully saturated rings. The number of aliphatic carboxylic acids is 1. The van der Waals surface area contributed by atoms with Crippen LogP contribution in [0.2, 0.25) is 10.0 Å². The second kappa shape index (κ2) is 11.2. The monoisotopic (exact) mass is 582 g/mol. The van der Waals surface area contributed by atoms with Gasteiger partial charge in [0.2, 0.25) is 6.79 Å². The molecule has 5 rings (SSSR count). The highest BCUT2D eigenvalue weighted by Gasteiger charge is 2.27. The number of carboxylic acid groups (broad SMARTS) is 1. The lowest BCUT2D eigenvalue weighted by molar-refractivity contribution is -0.137.